The molecule has 1 aromatic rings. The Morgan fingerprint density at radius 3 is 2.89 bits per heavy atom. The summed E-state index contributed by atoms with van der Waals surface area (Å²) in [6.07, 6.45) is 7.10. The molecule has 3 atom stereocenters. The van der Waals surface area contributed by atoms with Crippen LogP contribution in [0.15, 0.2) is 35.4 Å². The van der Waals surface area contributed by atoms with Crippen LogP contribution in [0.4, 0.5) is 0 Å². The highest BCUT2D eigenvalue weighted by molar-refractivity contribution is 5.41. The fourth-order valence-electron chi connectivity index (χ4n) is 4.55. The van der Waals surface area contributed by atoms with Crippen molar-refractivity contribution in [3.05, 3.63) is 46.5 Å². The number of rotatable bonds is 0. The number of fused-ring (bicyclic) bond motifs is 4. The molecule has 0 bridgehead atoms. The third-order valence-electron chi connectivity index (χ3n) is 5.27. The second-order valence-electron chi connectivity index (χ2n) is 6.12. The molecule has 1 aromatic carbocycles. The van der Waals surface area contributed by atoms with Crippen LogP contribution in [0.25, 0.3) is 0 Å². The van der Waals surface area contributed by atoms with Gasteiger partial charge >= 0.3 is 0 Å². The standard InChI is InChI=1S/C17H20O/c18-16-10-12-4-1-2-6-13(12)15-9-8-11-5-3-7-14(11)17(15)16/h1-2,4,6,15-18H,3,5,7-10H2/t15-,16-,17-/m0/s1. The summed E-state index contributed by atoms with van der Waals surface area (Å²) in [6, 6.07) is 8.76. The first-order valence-corrected chi connectivity index (χ1v) is 7.31. The van der Waals surface area contributed by atoms with E-state index in [2.05, 4.69) is 24.3 Å². The monoisotopic (exact) mass is 240 g/mol. The molecule has 0 radical (unpaired) electrons. The van der Waals surface area contributed by atoms with E-state index in [0.29, 0.717) is 11.8 Å². The Labute approximate surface area is 109 Å². The summed E-state index contributed by atoms with van der Waals surface area (Å²) in [5, 5.41) is 10.6. The minimum Gasteiger partial charge on any atom is -0.392 e. The van der Waals surface area contributed by atoms with E-state index in [1.807, 2.05) is 0 Å². The van der Waals surface area contributed by atoms with Crippen molar-refractivity contribution in [3.8, 4) is 0 Å². The highest BCUT2D eigenvalue weighted by Crippen LogP contribution is 2.51. The Morgan fingerprint density at radius 1 is 1.06 bits per heavy atom. The molecule has 0 unspecified atom stereocenters. The Balaban J connectivity index is 1.82. The van der Waals surface area contributed by atoms with Gasteiger partial charge in [-0.2, -0.15) is 0 Å². The van der Waals surface area contributed by atoms with Gasteiger partial charge in [0.25, 0.3) is 0 Å². The maximum Gasteiger partial charge on any atom is 0.0651 e. The lowest BCUT2D eigenvalue weighted by Crippen LogP contribution is -2.37. The second kappa shape index (κ2) is 3.96. The fourth-order valence-corrected chi connectivity index (χ4v) is 4.55. The molecule has 0 heterocycles. The second-order valence-corrected chi connectivity index (χ2v) is 6.12. The predicted molar refractivity (Wildman–Crippen MR) is 72.5 cm³/mol. The van der Waals surface area contributed by atoms with Crippen LogP contribution in [0.2, 0.25) is 0 Å². The highest BCUT2D eigenvalue weighted by atomic mass is 16.3. The Hall–Kier alpha value is -1.08. The molecule has 94 valence electrons. The number of hydrogen-bond acceptors (Lipinski definition) is 1. The van der Waals surface area contributed by atoms with E-state index < -0.39 is 0 Å². The number of allylic oxidation sites excluding steroid dienone is 1. The Bertz CT molecular complexity index is 514. The van der Waals surface area contributed by atoms with Gasteiger partial charge in [-0.05, 0) is 55.6 Å². The first kappa shape index (κ1) is 10.8. The first-order chi connectivity index (χ1) is 8.84. The molecular formula is C17H20O. The molecule has 0 spiro atoms. The molecule has 3 aliphatic carbocycles. The van der Waals surface area contributed by atoms with E-state index in [-0.39, 0.29) is 6.10 Å². The van der Waals surface area contributed by atoms with Gasteiger partial charge in [-0.15, -0.1) is 0 Å². The van der Waals surface area contributed by atoms with Crippen molar-refractivity contribution < 1.29 is 5.11 Å². The average molecular weight is 240 g/mol. The number of benzene rings is 1. The molecule has 0 aliphatic heterocycles. The van der Waals surface area contributed by atoms with Gasteiger partial charge in [0.1, 0.15) is 0 Å². The molecule has 0 fully saturated rings. The molecule has 1 heteroatoms. The average Bonchev–Trinajstić information content (AvgIpc) is 2.86. The van der Waals surface area contributed by atoms with Gasteiger partial charge in [0.2, 0.25) is 0 Å². The van der Waals surface area contributed by atoms with Crippen LogP contribution in [-0.4, -0.2) is 11.2 Å². The summed E-state index contributed by atoms with van der Waals surface area (Å²) < 4.78 is 0. The lowest BCUT2D eigenvalue weighted by molar-refractivity contribution is 0.0934. The zero-order valence-corrected chi connectivity index (χ0v) is 10.7. The van der Waals surface area contributed by atoms with Gasteiger partial charge in [-0.25, -0.2) is 0 Å². The fraction of sp³-hybridized carbons (Fsp3) is 0.529. The van der Waals surface area contributed by atoms with Crippen LogP contribution >= 0.6 is 0 Å². The van der Waals surface area contributed by atoms with Crippen LogP contribution in [0.1, 0.15) is 49.1 Å². The quantitative estimate of drug-likeness (QED) is 0.687. The highest BCUT2D eigenvalue weighted by Gasteiger charge is 2.41. The van der Waals surface area contributed by atoms with Crippen LogP contribution in [0, 0.1) is 5.92 Å². The van der Waals surface area contributed by atoms with E-state index >= 15 is 0 Å². The van der Waals surface area contributed by atoms with Crippen LogP contribution in [-0.2, 0) is 6.42 Å². The van der Waals surface area contributed by atoms with Gasteiger partial charge in [-0.1, -0.05) is 35.4 Å². The third kappa shape index (κ3) is 1.43. The number of hydrogen-bond donors (Lipinski definition) is 1. The molecule has 0 saturated carbocycles. The molecule has 18 heavy (non-hydrogen) atoms. The van der Waals surface area contributed by atoms with Crippen LogP contribution < -0.4 is 0 Å². The van der Waals surface area contributed by atoms with Gasteiger partial charge in [0.05, 0.1) is 6.10 Å². The SMILES string of the molecule is O[C@H]1Cc2ccccc2[C@@H]2CCC3=C(CCC3)[C@H]12. The van der Waals surface area contributed by atoms with E-state index in [1.54, 1.807) is 11.1 Å². The van der Waals surface area contributed by atoms with E-state index in [4.69, 9.17) is 0 Å². The summed E-state index contributed by atoms with van der Waals surface area (Å²) in [5.41, 5.74) is 6.22. The first-order valence-electron chi connectivity index (χ1n) is 7.31. The van der Waals surface area contributed by atoms with Crippen molar-refractivity contribution in [2.24, 2.45) is 5.92 Å². The van der Waals surface area contributed by atoms with Crippen molar-refractivity contribution in [1.29, 1.82) is 0 Å². The van der Waals surface area contributed by atoms with E-state index in [0.717, 1.165) is 6.42 Å². The largest absolute Gasteiger partial charge is 0.392 e. The smallest absolute Gasteiger partial charge is 0.0651 e. The summed E-state index contributed by atoms with van der Waals surface area (Å²) in [4.78, 5) is 0. The Morgan fingerprint density at radius 2 is 1.94 bits per heavy atom. The molecule has 0 saturated heterocycles. The molecule has 0 aromatic heterocycles. The predicted octanol–water partition coefficient (Wildman–Crippen LogP) is 3.58. The van der Waals surface area contributed by atoms with Crippen molar-refractivity contribution >= 4 is 0 Å². The maximum atomic E-state index is 10.6. The Kier molecular flexibility index (Phi) is 2.38. The molecule has 1 nitrogen and oxygen atoms in total. The van der Waals surface area contributed by atoms with E-state index in [1.165, 1.54) is 43.2 Å². The lowest BCUT2D eigenvalue weighted by Gasteiger charge is -2.41. The molecule has 3 aliphatic rings. The van der Waals surface area contributed by atoms with Crippen molar-refractivity contribution in [2.75, 3.05) is 0 Å². The van der Waals surface area contributed by atoms with Gasteiger partial charge < -0.3 is 5.11 Å². The van der Waals surface area contributed by atoms with Gasteiger partial charge in [0.15, 0.2) is 0 Å². The summed E-state index contributed by atoms with van der Waals surface area (Å²) in [5.74, 6) is 1.02. The number of aliphatic hydroxyl groups excluding tert-OH is 1. The zero-order valence-electron chi connectivity index (χ0n) is 10.7. The number of aliphatic hydroxyl groups is 1. The third-order valence-corrected chi connectivity index (χ3v) is 5.27. The van der Waals surface area contributed by atoms with Gasteiger partial charge in [0, 0.05) is 5.92 Å². The van der Waals surface area contributed by atoms with Crippen LogP contribution in [0.3, 0.4) is 0 Å². The zero-order chi connectivity index (χ0) is 12.1. The molecule has 4 rings (SSSR count). The minimum absolute atomic E-state index is 0.145. The summed E-state index contributed by atoms with van der Waals surface area (Å²) >= 11 is 0. The van der Waals surface area contributed by atoms with Crippen LogP contribution in [0.5, 0.6) is 0 Å². The maximum absolute atomic E-state index is 10.6. The molecule has 1 N–H and O–H groups in total. The molecular weight excluding hydrogens is 220 g/mol. The van der Waals surface area contributed by atoms with Crippen molar-refractivity contribution in [1.82, 2.24) is 0 Å². The van der Waals surface area contributed by atoms with Crippen molar-refractivity contribution in [3.63, 3.8) is 0 Å². The topological polar surface area (TPSA) is 20.2 Å². The summed E-state index contributed by atoms with van der Waals surface area (Å²) in [7, 11) is 0. The lowest BCUT2D eigenvalue weighted by atomic mass is 9.65. The minimum atomic E-state index is -0.145. The van der Waals surface area contributed by atoms with Crippen molar-refractivity contribution in [2.45, 2.75) is 50.5 Å². The summed E-state index contributed by atoms with van der Waals surface area (Å²) in [6.45, 7) is 0. The molecule has 0 amide bonds. The van der Waals surface area contributed by atoms with E-state index in [9.17, 15) is 5.11 Å². The normalized spacial score (nSPS) is 33.9. The van der Waals surface area contributed by atoms with Gasteiger partial charge in [-0.3, -0.25) is 0 Å².